The van der Waals surface area contributed by atoms with E-state index in [1.807, 2.05) is 31.2 Å². The van der Waals surface area contributed by atoms with Crippen molar-refractivity contribution in [3.63, 3.8) is 0 Å². The fourth-order valence-electron chi connectivity index (χ4n) is 1.60. The zero-order chi connectivity index (χ0) is 12.7. The van der Waals surface area contributed by atoms with Crippen molar-refractivity contribution in [3.05, 3.63) is 29.8 Å². The second-order valence-corrected chi connectivity index (χ2v) is 4.00. The Bertz CT molecular complexity index is 316. The lowest BCUT2D eigenvalue weighted by molar-refractivity contribution is 0.135. The molecule has 1 aromatic carbocycles. The maximum atomic E-state index is 11.9. The molecule has 1 rings (SSSR count). The molecule has 0 radical (unpaired) electrons. The normalized spacial score (nSPS) is 14.4. The number of nitrogens with one attached hydrogen (secondary N) is 1. The Balaban J connectivity index is 2.52. The average molecular weight is 241 g/mol. The Kier molecular flexibility index (Phi) is 5.94. The van der Waals surface area contributed by atoms with Crippen molar-refractivity contribution >= 4 is 0 Å². The van der Waals surface area contributed by atoms with Crippen LogP contribution >= 0.6 is 0 Å². The predicted octanol–water partition coefficient (Wildman–Crippen LogP) is 2.07. The number of aliphatic hydroxyl groups is 1. The molecule has 0 aliphatic heterocycles. The van der Waals surface area contributed by atoms with Crippen LogP contribution in [0.25, 0.3) is 0 Å². The number of hydrogen-bond donors (Lipinski definition) is 2. The van der Waals surface area contributed by atoms with Gasteiger partial charge in [0.25, 0.3) is 0 Å². The average Bonchev–Trinajstić information content (AvgIpc) is 2.38. The minimum Gasteiger partial charge on any atom is -0.497 e. The van der Waals surface area contributed by atoms with Gasteiger partial charge in [-0.2, -0.15) is 0 Å². The molecule has 2 N–H and O–H groups in total. The Morgan fingerprint density at radius 2 is 2.00 bits per heavy atom. The van der Waals surface area contributed by atoms with Crippen LogP contribution < -0.4 is 10.1 Å². The van der Waals surface area contributed by atoms with Crippen LogP contribution in [0.2, 0.25) is 0 Å². The van der Waals surface area contributed by atoms with E-state index in [0.29, 0.717) is 13.0 Å². The van der Waals surface area contributed by atoms with Gasteiger partial charge in [-0.15, -0.1) is 0 Å². The molecule has 0 saturated carbocycles. The van der Waals surface area contributed by atoms with Gasteiger partial charge in [-0.3, -0.25) is 4.39 Å². The van der Waals surface area contributed by atoms with Crippen LogP contribution in [0.3, 0.4) is 0 Å². The second kappa shape index (κ2) is 7.25. The zero-order valence-electron chi connectivity index (χ0n) is 10.3. The molecule has 0 aliphatic carbocycles. The first-order chi connectivity index (χ1) is 8.19. The van der Waals surface area contributed by atoms with E-state index in [9.17, 15) is 9.50 Å². The summed E-state index contributed by atoms with van der Waals surface area (Å²) in [6.07, 6.45) is -0.125. The third-order valence-electron chi connectivity index (χ3n) is 2.71. The molecule has 2 atom stereocenters. The van der Waals surface area contributed by atoms with Crippen molar-refractivity contribution in [1.82, 2.24) is 5.32 Å². The molecule has 0 spiro atoms. The SMILES string of the molecule is COc1ccc(C(O)C(C)NCCCF)cc1. The number of ether oxygens (including phenoxy) is 1. The number of methoxy groups -OCH3 is 1. The summed E-state index contributed by atoms with van der Waals surface area (Å²) < 4.78 is 17.0. The van der Waals surface area contributed by atoms with Gasteiger partial charge < -0.3 is 15.2 Å². The fourth-order valence-corrected chi connectivity index (χ4v) is 1.60. The van der Waals surface area contributed by atoms with Crippen molar-refractivity contribution in [2.45, 2.75) is 25.5 Å². The van der Waals surface area contributed by atoms with E-state index >= 15 is 0 Å². The molecule has 0 heterocycles. The summed E-state index contributed by atoms with van der Waals surface area (Å²) in [5.74, 6) is 0.763. The maximum absolute atomic E-state index is 11.9. The molecule has 2 unspecified atom stereocenters. The molecule has 0 aliphatic rings. The fraction of sp³-hybridized carbons (Fsp3) is 0.538. The Morgan fingerprint density at radius 3 is 2.53 bits per heavy atom. The van der Waals surface area contributed by atoms with Crippen LogP contribution in [-0.2, 0) is 0 Å². The number of alkyl halides is 1. The summed E-state index contributed by atoms with van der Waals surface area (Å²) in [5, 5.41) is 13.1. The molecular formula is C13H20FNO2. The van der Waals surface area contributed by atoms with E-state index in [4.69, 9.17) is 4.74 Å². The van der Waals surface area contributed by atoms with Crippen molar-refractivity contribution in [2.75, 3.05) is 20.3 Å². The highest BCUT2D eigenvalue weighted by molar-refractivity contribution is 5.28. The lowest BCUT2D eigenvalue weighted by atomic mass is 10.0. The molecule has 0 amide bonds. The topological polar surface area (TPSA) is 41.5 Å². The number of aliphatic hydroxyl groups excluding tert-OH is 1. The van der Waals surface area contributed by atoms with Crippen LogP contribution in [0, 0.1) is 0 Å². The summed E-state index contributed by atoms with van der Waals surface area (Å²) in [5.41, 5.74) is 0.825. The number of hydrogen-bond acceptors (Lipinski definition) is 3. The largest absolute Gasteiger partial charge is 0.497 e. The highest BCUT2D eigenvalue weighted by atomic mass is 19.1. The van der Waals surface area contributed by atoms with Crippen molar-refractivity contribution in [1.29, 1.82) is 0 Å². The van der Waals surface area contributed by atoms with Gasteiger partial charge in [-0.25, -0.2) is 0 Å². The minimum absolute atomic E-state index is 0.102. The molecule has 0 aromatic heterocycles. The summed E-state index contributed by atoms with van der Waals surface area (Å²) in [6, 6.07) is 7.18. The van der Waals surface area contributed by atoms with Crippen LogP contribution in [-0.4, -0.2) is 31.5 Å². The second-order valence-electron chi connectivity index (χ2n) is 4.00. The molecule has 0 fully saturated rings. The first kappa shape index (κ1) is 13.9. The van der Waals surface area contributed by atoms with E-state index < -0.39 is 6.10 Å². The minimum atomic E-state index is -0.597. The monoisotopic (exact) mass is 241 g/mol. The molecule has 0 saturated heterocycles. The van der Waals surface area contributed by atoms with E-state index in [2.05, 4.69) is 5.32 Å². The van der Waals surface area contributed by atoms with Crippen LogP contribution in [0.1, 0.15) is 25.0 Å². The van der Waals surface area contributed by atoms with Crippen LogP contribution in [0.15, 0.2) is 24.3 Å². The Morgan fingerprint density at radius 1 is 1.35 bits per heavy atom. The molecule has 3 nitrogen and oxygen atoms in total. The highest BCUT2D eigenvalue weighted by Crippen LogP contribution is 2.20. The standard InChI is InChI=1S/C13H20FNO2/c1-10(15-9-3-8-14)13(16)11-4-6-12(17-2)7-5-11/h4-7,10,13,15-16H,3,8-9H2,1-2H3. The third-order valence-corrected chi connectivity index (χ3v) is 2.71. The Labute approximate surface area is 102 Å². The lowest BCUT2D eigenvalue weighted by Crippen LogP contribution is -2.33. The summed E-state index contributed by atoms with van der Waals surface area (Å²) in [4.78, 5) is 0. The molecule has 1 aromatic rings. The molecule has 0 bridgehead atoms. The smallest absolute Gasteiger partial charge is 0.118 e. The lowest BCUT2D eigenvalue weighted by Gasteiger charge is -2.20. The first-order valence-corrected chi connectivity index (χ1v) is 5.80. The number of rotatable bonds is 7. The van der Waals surface area contributed by atoms with Crippen molar-refractivity contribution in [3.8, 4) is 5.75 Å². The summed E-state index contributed by atoms with van der Waals surface area (Å²) >= 11 is 0. The van der Waals surface area contributed by atoms with Gasteiger partial charge >= 0.3 is 0 Å². The highest BCUT2D eigenvalue weighted by Gasteiger charge is 2.15. The number of halogens is 1. The summed E-state index contributed by atoms with van der Waals surface area (Å²) in [6.45, 7) is 2.12. The third kappa shape index (κ3) is 4.32. The van der Waals surface area contributed by atoms with Crippen LogP contribution in [0.4, 0.5) is 4.39 Å². The zero-order valence-corrected chi connectivity index (χ0v) is 10.3. The van der Waals surface area contributed by atoms with E-state index in [1.165, 1.54) is 0 Å². The molecule has 4 heteroatoms. The Hall–Kier alpha value is -1.13. The van der Waals surface area contributed by atoms with Crippen molar-refractivity contribution < 1.29 is 14.2 Å². The van der Waals surface area contributed by atoms with Crippen molar-refractivity contribution in [2.24, 2.45) is 0 Å². The van der Waals surface area contributed by atoms with E-state index in [1.54, 1.807) is 7.11 Å². The van der Waals surface area contributed by atoms with Gasteiger partial charge in [0.05, 0.1) is 19.9 Å². The number of benzene rings is 1. The predicted molar refractivity (Wildman–Crippen MR) is 66.0 cm³/mol. The summed E-state index contributed by atoms with van der Waals surface area (Å²) in [7, 11) is 1.60. The van der Waals surface area contributed by atoms with Gasteiger partial charge in [0.2, 0.25) is 0 Å². The van der Waals surface area contributed by atoms with E-state index in [-0.39, 0.29) is 12.7 Å². The molecule has 96 valence electrons. The molecule has 17 heavy (non-hydrogen) atoms. The first-order valence-electron chi connectivity index (χ1n) is 5.80. The van der Waals surface area contributed by atoms with Gasteiger partial charge in [0.15, 0.2) is 0 Å². The van der Waals surface area contributed by atoms with Gasteiger partial charge in [0, 0.05) is 6.04 Å². The van der Waals surface area contributed by atoms with Crippen LogP contribution in [0.5, 0.6) is 5.75 Å². The van der Waals surface area contributed by atoms with Gasteiger partial charge in [-0.1, -0.05) is 12.1 Å². The van der Waals surface area contributed by atoms with Gasteiger partial charge in [-0.05, 0) is 37.6 Å². The van der Waals surface area contributed by atoms with Gasteiger partial charge in [0.1, 0.15) is 5.75 Å². The quantitative estimate of drug-likeness (QED) is 0.718. The van der Waals surface area contributed by atoms with E-state index in [0.717, 1.165) is 11.3 Å². The molecular weight excluding hydrogens is 221 g/mol. The maximum Gasteiger partial charge on any atom is 0.118 e.